The number of rotatable bonds is 9. The van der Waals surface area contributed by atoms with Crippen molar-refractivity contribution in [3.8, 4) is 17.6 Å². The highest BCUT2D eigenvalue weighted by Gasteiger charge is 2.24. The van der Waals surface area contributed by atoms with Crippen molar-refractivity contribution in [1.29, 1.82) is 0 Å². The topological polar surface area (TPSA) is 69.7 Å². The molecule has 2 aromatic carbocycles. The lowest BCUT2D eigenvalue weighted by Crippen LogP contribution is -2.31. The second-order valence-corrected chi connectivity index (χ2v) is 10.7. The first kappa shape index (κ1) is 26.8. The Morgan fingerprint density at radius 2 is 1.76 bits per heavy atom. The second kappa shape index (κ2) is 12.1. The number of benzene rings is 2. The molecule has 0 saturated carbocycles. The van der Waals surface area contributed by atoms with Gasteiger partial charge < -0.3 is 9.47 Å². The maximum absolute atomic E-state index is 12.5. The molecule has 0 aromatic heterocycles. The van der Waals surface area contributed by atoms with E-state index in [9.17, 15) is 13.2 Å². The summed E-state index contributed by atoms with van der Waals surface area (Å²) in [5.41, 5.74) is 1.95. The summed E-state index contributed by atoms with van der Waals surface area (Å²) in [7, 11) is -3.35. The maximum atomic E-state index is 12.5. The van der Waals surface area contributed by atoms with E-state index in [0.717, 1.165) is 5.56 Å². The van der Waals surface area contributed by atoms with E-state index in [1.165, 1.54) is 0 Å². The minimum absolute atomic E-state index is 0.0836. The largest absolute Gasteiger partial charge is 0.477 e. The molecule has 0 amide bonds. The zero-order valence-electron chi connectivity index (χ0n) is 19.8. The summed E-state index contributed by atoms with van der Waals surface area (Å²) in [6.45, 7) is 9.72. The number of carbonyl (C=O) groups is 1. The summed E-state index contributed by atoms with van der Waals surface area (Å²) < 4.78 is 36.1. The van der Waals surface area contributed by atoms with Crippen LogP contribution >= 0.6 is 11.6 Å². The molecule has 178 valence electrons. The molecular weight excluding hydrogens is 460 g/mol. The number of hydrogen-bond donors (Lipinski definition) is 0. The molecule has 2 aromatic rings. The Morgan fingerprint density at radius 3 is 2.39 bits per heavy atom. The van der Waals surface area contributed by atoms with Crippen LogP contribution in [-0.4, -0.2) is 32.9 Å². The fourth-order valence-corrected chi connectivity index (χ4v) is 4.68. The van der Waals surface area contributed by atoms with Gasteiger partial charge in [-0.2, -0.15) is 0 Å². The third kappa shape index (κ3) is 7.80. The third-order valence-corrected chi connectivity index (χ3v) is 6.97. The third-order valence-electron chi connectivity index (χ3n) is 4.82. The molecule has 0 radical (unpaired) electrons. The minimum atomic E-state index is -3.35. The number of aryl methyl sites for hydroxylation is 1. The summed E-state index contributed by atoms with van der Waals surface area (Å²) in [4.78, 5) is 12.7. The van der Waals surface area contributed by atoms with Gasteiger partial charge in [-0.3, -0.25) is 0 Å². The van der Waals surface area contributed by atoms with Crippen molar-refractivity contribution in [2.75, 3.05) is 12.4 Å². The predicted octanol–water partition coefficient (Wildman–Crippen LogP) is 5.59. The lowest BCUT2D eigenvalue weighted by molar-refractivity contribution is -0.152. The highest BCUT2D eigenvalue weighted by Crippen LogP contribution is 2.25. The molecule has 1 unspecified atom stereocenters. The molecular formula is C26H31ClO5S. The monoisotopic (exact) mass is 490 g/mol. The van der Waals surface area contributed by atoms with E-state index < -0.39 is 21.9 Å². The number of halogens is 1. The van der Waals surface area contributed by atoms with Crippen LogP contribution in [0.15, 0.2) is 41.3 Å². The van der Waals surface area contributed by atoms with Crippen molar-refractivity contribution in [2.45, 2.75) is 58.5 Å². The summed E-state index contributed by atoms with van der Waals surface area (Å²) in [5, 5.41) is 0.471. The first-order valence-corrected chi connectivity index (χ1v) is 13.1. The van der Waals surface area contributed by atoms with Gasteiger partial charge >= 0.3 is 5.97 Å². The Labute approximate surface area is 202 Å². The van der Waals surface area contributed by atoms with Gasteiger partial charge in [0.25, 0.3) is 0 Å². The highest BCUT2D eigenvalue weighted by molar-refractivity contribution is 7.91. The molecule has 33 heavy (non-hydrogen) atoms. The number of esters is 1. The number of sulfone groups is 1. The van der Waals surface area contributed by atoms with E-state index in [1.807, 2.05) is 27.7 Å². The van der Waals surface area contributed by atoms with Crippen LogP contribution in [0, 0.1) is 24.7 Å². The van der Waals surface area contributed by atoms with Crippen molar-refractivity contribution >= 4 is 27.4 Å². The minimum Gasteiger partial charge on any atom is -0.477 e. The van der Waals surface area contributed by atoms with E-state index in [0.29, 0.717) is 34.7 Å². The Morgan fingerprint density at radius 1 is 1.06 bits per heavy atom. The molecule has 0 aliphatic rings. The summed E-state index contributed by atoms with van der Waals surface area (Å²) in [5.74, 6) is 6.39. The first-order valence-electron chi connectivity index (χ1n) is 11.1. The fraction of sp³-hybridized carbons (Fsp3) is 0.423. The van der Waals surface area contributed by atoms with Gasteiger partial charge in [0.2, 0.25) is 0 Å². The fourth-order valence-electron chi connectivity index (χ4n) is 3.16. The van der Waals surface area contributed by atoms with Crippen LogP contribution < -0.4 is 4.74 Å². The van der Waals surface area contributed by atoms with Crippen LogP contribution in [0.3, 0.4) is 0 Å². The Bertz CT molecular complexity index is 1140. The Kier molecular flexibility index (Phi) is 9.82. The molecule has 0 aliphatic carbocycles. The van der Waals surface area contributed by atoms with Crippen LogP contribution in [0.4, 0.5) is 0 Å². The van der Waals surface area contributed by atoms with Gasteiger partial charge in [-0.05, 0) is 68.5 Å². The number of ether oxygens (including phenoxy) is 2. The molecule has 1 atom stereocenters. The average molecular weight is 491 g/mol. The van der Waals surface area contributed by atoms with Gasteiger partial charge in [0, 0.05) is 10.6 Å². The van der Waals surface area contributed by atoms with Crippen LogP contribution in [0.1, 0.15) is 57.2 Å². The van der Waals surface area contributed by atoms with Crippen molar-refractivity contribution in [3.05, 3.63) is 58.1 Å². The zero-order chi connectivity index (χ0) is 24.6. The quantitative estimate of drug-likeness (QED) is 0.338. The number of hydrogen-bond acceptors (Lipinski definition) is 5. The van der Waals surface area contributed by atoms with E-state index in [4.69, 9.17) is 21.1 Å². The molecule has 0 N–H and O–H groups in total. The molecule has 0 bridgehead atoms. The van der Waals surface area contributed by atoms with Gasteiger partial charge in [0.1, 0.15) is 5.75 Å². The van der Waals surface area contributed by atoms with E-state index in [2.05, 4.69) is 11.8 Å². The molecule has 0 fully saturated rings. The molecule has 2 rings (SSSR count). The maximum Gasteiger partial charge on any atom is 0.347 e. The molecule has 0 spiro atoms. The molecule has 0 saturated heterocycles. The van der Waals surface area contributed by atoms with Crippen LogP contribution in [0.2, 0.25) is 5.02 Å². The summed E-state index contributed by atoms with van der Waals surface area (Å²) in [6, 6.07) is 9.96. The normalized spacial score (nSPS) is 12.1. The zero-order valence-corrected chi connectivity index (χ0v) is 21.3. The van der Waals surface area contributed by atoms with Crippen LogP contribution in [0.25, 0.3) is 0 Å². The van der Waals surface area contributed by atoms with Gasteiger partial charge in [0.15, 0.2) is 15.9 Å². The van der Waals surface area contributed by atoms with Crippen molar-refractivity contribution in [2.24, 2.45) is 5.92 Å². The second-order valence-electron chi connectivity index (χ2n) is 8.17. The lowest BCUT2D eigenvalue weighted by Gasteiger charge is -2.20. The molecule has 5 nitrogen and oxygen atoms in total. The number of carbonyl (C=O) groups excluding carboxylic acids is 1. The van der Waals surface area contributed by atoms with Crippen molar-refractivity contribution in [1.82, 2.24) is 0 Å². The highest BCUT2D eigenvalue weighted by atomic mass is 35.5. The Balaban J connectivity index is 2.45. The van der Waals surface area contributed by atoms with Crippen molar-refractivity contribution in [3.63, 3.8) is 0 Å². The Hall–Kier alpha value is -2.49. The standard InChI is InChI=1S/C26H31ClO5S/c1-6-14-33(29,30)23-12-8-19(5)20(17-23)9-10-21-16-22(27)11-13-24(21)32-25(15-18(3)4)26(28)31-7-2/h8,11-13,16-18,25H,6-7,14-15H2,1-5H3. The van der Waals surface area contributed by atoms with E-state index >= 15 is 0 Å². The molecule has 0 heterocycles. The van der Waals surface area contributed by atoms with Crippen molar-refractivity contribution < 1.29 is 22.7 Å². The van der Waals surface area contributed by atoms with Crippen LogP contribution in [-0.2, 0) is 19.4 Å². The van der Waals surface area contributed by atoms with Gasteiger partial charge in [-0.1, -0.05) is 50.3 Å². The smallest absolute Gasteiger partial charge is 0.347 e. The summed E-state index contributed by atoms with van der Waals surface area (Å²) >= 11 is 6.19. The van der Waals surface area contributed by atoms with Gasteiger partial charge in [-0.25, -0.2) is 13.2 Å². The predicted molar refractivity (Wildman–Crippen MR) is 131 cm³/mol. The van der Waals surface area contributed by atoms with E-state index in [-0.39, 0.29) is 23.2 Å². The lowest BCUT2D eigenvalue weighted by atomic mass is 10.1. The molecule has 7 heteroatoms. The SMILES string of the molecule is CCCS(=O)(=O)c1ccc(C)c(C#Cc2cc(Cl)ccc2OC(CC(C)C)C(=O)OCC)c1. The molecule has 0 aliphatic heterocycles. The summed E-state index contributed by atoms with van der Waals surface area (Å²) in [6.07, 6.45) is 0.263. The van der Waals surface area contributed by atoms with Gasteiger partial charge in [-0.15, -0.1) is 0 Å². The van der Waals surface area contributed by atoms with E-state index in [1.54, 1.807) is 43.3 Å². The van der Waals surface area contributed by atoms with Gasteiger partial charge in [0.05, 0.1) is 22.8 Å². The van der Waals surface area contributed by atoms with Crippen LogP contribution in [0.5, 0.6) is 5.75 Å². The average Bonchev–Trinajstić information content (AvgIpc) is 2.73. The first-order chi connectivity index (χ1) is 15.6.